The SMILES string of the molecule is COc1cc(OC)c(NC2CCCNC(=O)C2)cc1Cl. The Hall–Kier alpha value is -1.62. The van der Waals surface area contributed by atoms with Crippen molar-refractivity contribution in [1.82, 2.24) is 5.32 Å². The van der Waals surface area contributed by atoms with E-state index in [-0.39, 0.29) is 11.9 Å². The number of anilines is 1. The zero-order valence-electron chi connectivity index (χ0n) is 11.7. The molecule has 1 unspecified atom stereocenters. The van der Waals surface area contributed by atoms with Gasteiger partial charge in [0.05, 0.1) is 24.9 Å². The second-order valence-corrected chi connectivity index (χ2v) is 5.13. The van der Waals surface area contributed by atoms with Crippen molar-refractivity contribution in [3.05, 3.63) is 17.2 Å². The van der Waals surface area contributed by atoms with Crippen molar-refractivity contribution in [1.29, 1.82) is 0 Å². The summed E-state index contributed by atoms with van der Waals surface area (Å²) in [6, 6.07) is 3.58. The van der Waals surface area contributed by atoms with Gasteiger partial charge in [-0.05, 0) is 18.9 Å². The Balaban J connectivity index is 2.19. The van der Waals surface area contributed by atoms with Crippen LogP contribution in [0.3, 0.4) is 0 Å². The van der Waals surface area contributed by atoms with Gasteiger partial charge < -0.3 is 20.1 Å². The monoisotopic (exact) mass is 298 g/mol. The minimum atomic E-state index is 0.0681. The maximum atomic E-state index is 11.6. The molecule has 6 heteroatoms. The Morgan fingerprint density at radius 2 is 2.05 bits per heavy atom. The van der Waals surface area contributed by atoms with Crippen LogP contribution in [0.1, 0.15) is 19.3 Å². The minimum absolute atomic E-state index is 0.0681. The van der Waals surface area contributed by atoms with Gasteiger partial charge in [0.15, 0.2) is 0 Å². The van der Waals surface area contributed by atoms with Crippen LogP contribution in [0, 0.1) is 0 Å². The van der Waals surface area contributed by atoms with Crippen molar-refractivity contribution in [2.75, 3.05) is 26.1 Å². The highest BCUT2D eigenvalue weighted by molar-refractivity contribution is 6.32. The molecule has 0 aromatic heterocycles. The minimum Gasteiger partial charge on any atom is -0.495 e. The molecule has 0 aliphatic carbocycles. The zero-order valence-corrected chi connectivity index (χ0v) is 12.4. The molecule has 1 fully saturated rings. The van der Waals surface area contributed by atoms with Gasteiger partial charge in [-0.25, -0.2) is 0 Å². The number of carbonyl (C=O) groups excluding carboxylic acids is 1. The summed E-state index contributed by atoms with van der Waals surface area (Å²) in [5.74, 6) is 1.28. The molecule has 0 saturated carbocycles. The van der Waals surface area contributed by atoms with E-state index in [1.54, 1.807) is 26.4 Å². The lowest BCUT2D eigenvalue weighted by atomic mass is 10.1. The second-order valence-electron chi connectivity index (χ2n) is 4.72. The quantitative estimate of drug-likeness (QED) is 0.896. The first-order valence-corrected chi connectivity index (χ1v) is 6.96. The first-order chi connectivity index (χ1) is 9.63. The van der Waals surface area contributed by atoms with E-state index in [0.717, 1.165) is 25.1 Å². The Morgan fingerprint density at radius 1 is 1.30 bits per heavy atom. The predicted molar refractivity (Wildman–Crippen MR) is 78.8 cm³/mol. The van der Waals surface area contributed by atoms with E-state index in [2.05, 4.69) is 10.6 Å². The third kappa shape index (κ3) is 3.48. The van der Waals surface area contributed by atoms with Crippen LogP contribution in [0.4, 0.5) is 5.69 Å². The smallest absolute Gasteiger partial charge is 0.222 e. The zero-order chi connectivity index (χ0) is 14.5. The van der Waals surface area contributed by atoms with E-state index in [4.69, 9.17) is 21.1 Å². The van der Waals surface area contributed by atoms with Crippen LogP contribution in [0.5, 0.6) is 11.5 Å². The largest absolute Gasteiger partial charge is 0.495 e. The maximum absolute atomic E-state index is 11.6. The molecule has 2 N–H and O–H groups in total. The van der Waals surface area contributed by atoms with Crippen molar-refractivity contribution in [3.63, 3.8) is 0 Å². The summed E-state index contributed by atoms with van der Waals surface area (Å²) in [5.41, 5.74) is 0.776. The lowest BCUT2D eigenvalue weighted by Gasteiger charge is -2.19. The lowest BCUT2D eigenvalue weighted by Crippen LogP contribution is -2.27. The normalized spacial score (nSPS) is 18.9. The number of carbonyl (C=O) groups is 1. The van der Waals surface area contributed by atoms with Gasteiger partial charge in [0.25, 0.3) is 0 Å². The van der Waals surface area contributed by atoms with Gasteiger partial charge >= 0.3 is 0 Å². The number of benzene rings is 1. The average Bonchev–Trinajstić information content (AvgIpc) is 2.63. The summed E-state index contributed by atoms with van der Waals surface area (Å²) in [6.07, 6.45) is 2.33. The molecule has 2 rings (SSSR count). The number of methoxy groups -OCH3 is 2. The molecule has 110 valence electrons. The van der Waals surface area contributed by atoms with Crippen molar-refractivity contribution >= 4 is 23.2 Å². The molecular formula is C14H19ClN2O3. The molecule has 5 nitrogen and oxygen atoms in total. The number of nitrogens with one attached hydrogen (secondary N) is 2. The molecule has 1 aliphatic heterocycles. The van der Waals surface area contributed by atoms with Gasteiger partial charge in [-0.3, -0.25) is 4.79 Å². The molecule has 0 radical (unpaired) electrons. The Bertz CT molecular complexity index is 494. The summed E-state index contributed by atoms with van der Waals surface area (Å²) in [7, 11) is 3.15. The summed E-state index contributed by atoms with van der Waals surface area (Å²) in [5, 5.41) is 6.71. The number of halogens is 1. The van der Waals surface area contributed by atoms with E-state index in [1.807, 2.05) is 0 Å². The summed E-state index contributed by atoms with van der Waals surface area (Å²) < 4.78 is 10.5. The van der Waals surface area contributed by atoms with Crippen LogP contribution < -0.4 is 20.1 Å². The summed E-state index contributed by atoms with van der Waals surface area (Å²) >= 11 is 6.14. The molecule has 1 heterocycles. The van der Waals surface area contributed by atoms with Gasteiger partial charge in [-0.15, -0.1) is 0 Å². The average molecular weight is 299 g/mol. The van der Waals surface area contributed by atoms with Gasteiger partial charge in [0.1, 0.15) is 11.5 Å². The molecule has 1 saturated heterocycles. The van der Waals surface area contributed by atoms with E-state index in [9.17, 15) is 4.79 Å². The number of hydrogen-bond acceptors (Lipinski definition) is 4. The second kappa shape index (κ2) is 6.70. The summed E-state index contributed by atoms with van der Waals surface area (Å²) in [4.78, 5) is 11.6. The number of ether oxygens (including phenoxy) is 2. The third-order valence-corrected chi connectivity index (χ3v) is 3.61. The first kappa shape index (κ1) is 14.8. The highest BCUT2D eigenvalue weighted by Gasteiger charge is 2.19. The molecule has 1 atom stereocenters. The Morgan fingerprint density at radius 3 is 2.75 bits per heavy atom. The molecule has 1 aliphatic rings. The summed E-state index contributed by atoms with van der Waals surface area (Å²) in [6.45, 7) is 0.734. The predicted octanol–water partition coefficient (Wildman–Crippen LogP) is 2.44. The molecule has 1 aromatic carbocycles. The van der Waals surface area contributed by atoms with Crippen molar-refractivity contribution in [2.24, 2.45) is 0 Å². The highest BCUT2D eigenvalue weighted by Crippen LogP contribution is 2.36. The Kier molecular flexibility index (Phi) is 4.95. The fourth-order valence-corrected chi connectivity index (χ4v) is 2.53. The van der Waals surface area contributed by atoms with Crippen molar-refractivity contribution < 1.29 is 14.3 Å². The standard InChI is InChI=1S/C14H19ClN2O3/c1-19-12-8-13(20-2)11(7-10(12)15)17-9-4-3-5-16-14(18)6-9/h7-9,17H,3-6H2,1-2H3,(H,16,18). The molecular weight excluding hydrogens is 280 g/mol. The van der Waals surface area contributed by atoms with E-state index < -0.39 is 0 Å². The van der Waals surface area contributed by atoms with Crippen molar-refractivity contribution in [3.8, 4) is 11.5 Å². The fourth-order valence-electron chi connectivity index (χ4n) is 2.29. The van der Waals surface area contributed by atoms with E-state index in [1.165, 1.54) is 0 Å². The van der Waals surface area contributed by atoms with Crippen LogP contribution in [0.25, 0.3) is 0 Å². The molecule has 0 bridgehead atoms. The first-order valence-electron chi connectivity index (χ1n) is 6.58. The third-order valence-electron chi connectivity index (χ3n) is 3.32. The topological polar surface area (TPSA) is 59.6 Å². The Labute approximate surface area is 123 Å². The molecule has 1 amide bonds. The highest BCUT2D eigenvalue weighted by atomic mass is 35.5. The lowest BCUT2D eigenvalue weighted by molar-refractivity contribution is -0.120. The molecule has 1 aromatic rings. The fraction of sp³-hybridized carbons (Fsp3) is 0.500. The van der Waals surface area contributed by atoms with Crippen LogP contribution in [-0.4, -0.2) is 32.7 Å². The van der Waals surface area contributed by atoms with E-state index >= 15 is 0 Å². The van der Waals surface area contributed by atoms with Crippen LogP contribution in [0.15, 0.2) is 12.1 Å². The van der Waals surface area contributed by atoms with Gasteiger partial charge in [0, 0.05) is 25.1 Å². The molecule has 0 spiro atoms. The van der Waals surface area contributed by atoms with Crippen LogP contribution in [-0.2, 0) is 4.79 Å². The van der Waals surface area contributed by atoms with E-state index in [0.29, 0.717) is 22.9 Å². The van der Waals surface area contributed by atoms with Crippen molar-refractivity contribution in [2.45, 2.75) is 25.3 Å². The maximum Gasteiger partial charge on any atom is 0.222 e. The van der Waals surface area contributed by atoms with Crippen LogP contribution in [0.2, 0.25) is 5.02 Å². The van der Waals surface area contributed by atoms with Gasteiger partial charge in [-0.2, -0.15) is 0 Å². The number of hydrogen-bond donors (Lipinski definition) is 2. The number of amides is 1. The van der Waals surface area contributed by atoms with Gasteiger partial charge in [-0.1, -0.05) is 11.6 Å². The molecule has 20 heavy (non-hydrogen) atoms. The number of rotatable bonds is 4. The van der Waals surface area contributed by atoms with Crippen LogP contribution >= 0.6 is 11.6 Å². The van der Waals surface area contributed by atoms with Gasteiger partial charge in [0.2, 0.25) is 5.91 Å².